The van der Waals surface area contributed by atoms with E-state index in [1.807, 2.05) is 30.0 Å². The summed E-state index contributed by atoms with van der Waals surface area (Å²) in [6.07, 6.45) is 0. The molecule has 0 amide bonds. The number of methoxy groups -OCH3 is 1. The number of nitrogens with zero attached hydrogens (tertiary/aromatic N) is 1. The van der Waals surface area contributed by atoms with Crippen LogP contribution in [0.15, 0.2) is 18.2 Å². The molecule has 1 aromatic rings. The van der Waals surface area contributed by atoms with Crippen LogP contribution in [0.2, 0.25) is 0 Å². The van der Waals surface area contributed by atoms with Crippen LogP contribution in [0.1, 0.15) is 11.1 Å². The highest BCUT2D eigenvalue weighted by Gasteiger charge is 2.12. The molecule has 4 nitrogen and oxygen atoms in total. The van der Waals surface area contributed by atoms with Gasteiger partial charge in [-0.25, -0.2) is 0 Å². The minimum absolute atomic E-state index is 0.0778. The molecule has 0 aromatic heterocycles. The number of benzene rings is 1. The van der Waals surface area contributed by atoms with Gasteiger partial charge in [-0.2, -0.15) is 0 Å². The number of rotatable bonds is 7. The fourth-order valence-corrected chi connectivity index (χ4v) is 1.96. The minimum atomic E-state index is 0.0778. The van der Waals surface area contributed by atoms with Crippen LogP contribution in [-0.4, -0.2) is 43.5 Å². The second kappa shape index (κ2) is 7.31. The highest BCUT2D eigenvalue weighted by atomic mass is 32.1. The van der Waals surface area contributed by atoms with Crippen molar-refractivity contribution in [3.8, 4) is 0 Å². The number of aryl methyl sites for hydroxylation is 1. The summed E-state index contributed by atoms with van der Waals surface area (Å²) in [6.45, 7) is 3.90. The first-order valence-electron chi connectivity index (χ1n) is 5.85. The Morgan fingerprint density at radius 3 is 2.72 bits per heavy atom. The quantitative estimate of drug-likeness (QED) is 0.725. The Balaban J connectivity index is 3.07. The minimum Gasteiger partial charge on any atom is -0.395 e. The first-order valence-corrected chi connectivity index (χ1v) is 6.26. The summed E-state index contributed by atoms with van der Waals surface area (Å²) in [6, 6.07) is 5.93. The van der Waals surface area contributed by atoms with Crippen LogP contribution >= 0.6 is 12.2 Å². The van der Waals surface area contributed by atoms with Crippen LogP contribution in [0.5, 0.6) is 0 Å². The standard InChI is InChI=1S/C13H20N2O2S/c1-10-3-4-11(13(14)18)12(9-10)15(5-7-16)6-8-17-2/h3-4,9,16H,5-8H2,1-2H3,(H2,14,18). The van der Waals surface area contributed by atoms with Gasteiger partial charge in [0.25, 0.3) is 0 Å². The largest absolute Gasteiger partial charge is 0.395 e. The molecule has 18 heavy (non-hydrogen) atoms. The number of ether oxygens (including phenoxy) is 1. The maximum atomic E-state index is 9.15. The van der Waals surface area contributed by atoms with Crippen molar-refractivity contribution in [3.05, 3.63) is 29.3 Å². The predicted octanol–water partition coefficient (Wildman–Crippen LogP) is 1.07. The van der Waals surface area contributed by atoms with Crippen molar-refractivity contribution in [2.75, 3.05) is 38.3 Å². The third kappa shape index (κ3) is 3.94. The van der Waals surface area contributed by atoms with Gasteiger partial charge < -0.3 is 20.5 Å². The smallest absolute Gasteiger partial charge is 0.106 e. The van der Waals surface area contributed by atoms with E-state index in [4.69, 9.17) is 27.8 Å². The van der Waals surface area contributed by atoms with Gasteiger partial charge in [0.1, 0.15) is 4.99 Å². The second-order valence-corrected chi connectivity index (χ2v) is 4.53. The van der Waals surface area contributed by atoms with Gasteiger partial charge in [0, 0.05) is 31.5 Å². The van der Waals surface area contributed by atoms with E-state index in [9.17, 15) is 0 Å². The first kappa shape index (κ1) is 14.9. The van der Waals surface area contributed by atoms with Crippen molar-refractivity contribution < 1.29 is 9.84 Å². The molecular weight excluding hydrogens is 248 g/mol. The molecule has 100 valence electrons. The van der Waals surface area contributed by atoms with E-state index >= 15 is 0 Å². The summed E-state index contributed by atoms with van der Waals surface area (Å²) in [7, 11) is 1.65. The van der Waals surface area contributed by atoms with E-state index in [2.05, 4.69) is 0 Å². The van der Waals surface area contributed by atoms with Gasteiger partial charge in [-0.15, -0.1) is 0 Å². The Hall–Kier alpha value is -1.17. The topological polar surface area (TPSA) is 58.7 Å². The molecule has 0 atom stereocenters. The summed E-state index contributed by atoms with van der Waals surface area (Å²) >= 11 is 5.07. The second-order valence-electron chi connectivity index (χ2n) is 4.09. The molecular formula is C13H20N2O2S. The van der Waals surface area contributed by atoms with Gasteiger partial charge in [-0.1, -0.05) is 18.3 Å². The molecule has 0 saturated carbocycles. The Morgan fingerprint density at radius 1 is 1.44 bits per heavy atom. The van der Waals surface area contributed by atoms with Gasteiger partial charge in [-0.3, -0.25) is 0 Å². The zero-order valence-electron chi connectivity index (χ0n) is 10.8. The number of aliphatic hydroxyl groups is 1. The lowest BCUT2D eigenvalue weighted by atomic mass is 10.1. The molecule has 5 heteroatoms. The Morgan fingerprint density at radius 2 is 2.17 bits per heavy atom. The number of hydrogen-bond acceptors (Lipinski definition) is 4. The third-order valence-electron chi connectivity index (χ3n) is 2.69. The fourth-order valence-electron chi connectivity index (χ4n) is 1.79. The van der Waals surface area contributed by atoms with E-state index in [0.717, 1.165) is 16.8 Å². The van der Waals surface area contributed by atoms with Crippen LogP contribution in [0.4, 0.5) is 5.69 Å². The first-order chi connectivity index (χ1) is 8.60. The van der Waals surface area contributed by atoms with E-state index in [1.165, 1.54) is 0 Å². The van der Waals surface area contributed by atoms with E-state index in [1.54, 1.807) is 7.11 Å². The zero-order chi connectivity index (χ0) is 13.5. The van der Waals surface area contributed by atoms with Gasteiger partial charge in [0.2, 0.25) is 0 Å². The molecule has 0 spiro atoms. The normalized spacial score (nSPS) is 10.4. The van der Waals surface area contributed by atoms with Crippen molar-refractivity contribution in [2.24, 2.45) is 5.73 Å². The number of aliphatic hydroxyl groups excluding tert-OH is 1. The van der Waals surface area contributed by atoms with E-state index in [-0.39, 0.29) is 6.61 Å². The van der Waals surface area contributed by atoms with Crippen LogP contribution in [0.3, 0.4) is 0 Å². The highest BCUT2D eigenvalue weighted by Crippen LogP contribution is 2.22. The Bertz CT molecular complexity index is 410. The van der Waals surface area contributed by atoms with Crippen LogP contribution in [0.25, 0.3) is 0 Å². The molecule has 0 aliphatic rings. The maximum Gasteiger partial charge on any atom is 0.106 e. The molecule has 0 aliphatic carbocycles. The Kier molecular flexibility index (Phi) is 6.04. The monoisotopic (exact) mass is 268 g/mol. The molecule has 0 aliphatic heterocycles. The lowest BCUT2D eigenvalue weighted by Crippen LogP contribution is -2.32. The average Bonchev–Trinajstić information content (AvgIpc) is 2.34. The summed E-state index contributed by atoms with van der Waals surface area (Å²) in [5.74, 6) is 0. The van der Waals surface area contributed by atoms with Gasteiger partial charge in [-0.05, 0) is 24.6 Å². The molecule has 0 unspecified atom stereocenters. The molecule has 1 rings (SSSR count). The number of nitrogens with two attached hydrogens (primary N) is 1. The average molecular weight is 268 g/mol. The third-order valence-corrected chi connectivity index (χ3v) is 2.91. The van der Waals surface area contributed by atoms with E-state index in [0.29, 0.717) is 24.7 Å². The van der Waals surface area contributed by atoms with Crippen LogP contribution in [-0.2, 0) is 4.74 Å². The van der Waals surface area contributed by atoms with E-state index < -0.39 is 0 Å². The lowest BCUT2D eigenvalue weighted by molar-refractivity contribution is 0.203. The number of anilines is 1. The van der Waals surface area contributed by atoms with Crippen molar-refractivity contribution in [1.82, 2.24) is 0 Å². The summed E-state index contributed by atoms with van der Waals surface area (Å²) < 4.78 is 5.08. The molecule has 0 radical (unpaired) electrons. The molecule has 0 bridgehead atoms. The molecule has 1 aromatic carbocycles. The van der Waals surface area contributed by atoms with Crippen LogP contribution in [0, 0.1) is 6.92 Å². The predicted molar refractivity (Wildman–Crippen MR) is 78.2 cm³/mol. The molecule has 0 heterocycles. The molecule has 0 saturated heterocycles. The van der Waals surface area contributed by atoms with Crippen molar-refractivity contribution in [3.63, 3.8) is 0 Å². The molecule has 0 fully saturated rings. The van der Waals surface area contributed by atoms with Crippen molar-refractivity contribution >= 4 is 22.9 Å². The molecule has 3 N–H and O–H groups in total. The van der Waals surface area contributed by atoms with Crippen molar-refractivity contribution in [1.29, 1.82) is 0 Å². The lowest BCUT2D eigenvalue weighted by Gasteiger charge is -2.26. The summed E-state index contributed by atoms with van der Waals surface area (Å²) in [4.78, 5) is 2.40. The van der Waals surface area contributed by atoms with Gasteiger partial charge >= 0.3 is 0 Å². The highest BCUT2D eigenvalue weighted by molar-refractivity contribution is 7.80. The van der Waals surface area contributed by atoms with Crippen LogP contribution < -0.4 is 10.6 Å². The number of hydrogen-bond donors (Lipinski definition) is 2. The van der Waals surface area contributed by atoms with Gasteiger partial charge in [0.05, 0.1) is 13.2 Å². The fraction of sp³-hybridized carbons (Fsp3) is 0.462. The Labute approximate surface area is 113 Å². The SMILES string of the molecule is COCCN(CCO)c1cc(C)ccc1C(N)=S. The van der Waals surface area contributed by atoms with Gasteiger partial charge in [0.15, 0.2) is 0 Å². The zero-order valence-corrected chi connectivity index (χ0v) is 11.7. The maximum absolute atomic E-state index is 9.15. The summed E-state index contributed by atoms with van der Waals surface area (Å²) in [5, 5.41) is 9.15. The number of thiocarbonyl (C=S) groups is 1. The summed E-state index contributed by atoms with van der Waals surface area (Å²) in [5.41, 5.74) is 8.65. The van der Waals surface area contributed by atoms with Crippen molar-refractivity contribution in [2.45, 2.75) is 6.92 Å².